The number of aliphatic hydroxyl groups is 1. The highest BCUT2D eigenvalue weighted by Gasteiger charge is 2.30. The zero-order chi connectivity index (χ0) is 8.65. The number of carbonyl (C=O) groups is 1. The molecule has 0 atom stereocenters. The summed E-state index contributed by atoms with van der Waals surface area (Å²) in [4.78, 5) is 9.23. The molecule has 6 heteroatoms. The van der Waals surface area contributed by atoms with Crippen LogP contribution in [0.5, 0.6) is 0 Å². The second-order valence-electron chi connectivity index (χ2n) is 1.87. The van der Waals surface area contributed by atoms with Crippen molar-refractivity contribution in [2.24, 2.45) is 0 Å². The summed E-state index contributed by atoms with van der Waals surface area (Å²) in [5, 5.41) is 17.7. The number of allylic oxidation sites excluding steroid dienone is 1. The number of hydrogen-bond donors (Lipinski definition) is 2. The molecule has 0 aliphatic carbocycles. The van der Waals surface area contributed by atoms with E-state index in [0.717, 1.165) is 6.08 Å². The fourth-order valence-electron chi connectivity index (χ4n) is 0.675. The minimum Gasteiger partial charge on any atom is -0.506 e. The van der Waals surface area contributed by atoms with Gasteiger partial charge in [0.15, 0.2) is 4.91 Å². The van der Waals surface area contributed by atoms with E-state index in [0.29, 0.717) is 5.41 Å². The standard InChI is InChI=1S/C5H4O5S/c6-3-1-2-11(9,10)4(3)5(7)8/h1-2,6H,(H,7,8). The van der Waals surface area contributed by atoms with Crippen LogP contribution in [0.4, 0.5) is 0 Å². The third-order valence-electron chi connectivity index (χ3n) is 1.12. The van der Waals surface area contributed by atoms with Crippen molar-refractivity contribution in [1.82, 2.24) is 0 Å². The second kappa shape index (κ2) is 2.09. The average molecular weight is 176 g/mol. The predicted octanol–water partition coefficient (Wildman–Crippen LogP) is -0.217. The van der Waals surface area contributed by atoms with E-state index in [1.807, 2.05) is 0 Å². The molecule has 1 heterocycles. The van der Waals surface area contributed by atoms with Gasteiger partial charge in [-0.15, -0.1) is 0 Å². The van der Waals surface area contributed by atoms with Crippen molar-refractivity contribution in [2.45, 2.75) is 0 Å². The lowest BCUT2D eigenvalue weighted by molar-refractivity contribution is -0.132. The van der Waals surface area contributed by atoms with Gasteiger partial charge in [0, 0.05) is 5.41 Å². The molecule has 0 radical (unpaired) electrons. The molecule has 0 spiro atoms. The molecule has 1 rings (SSSR count). The number of hydrogen-bond acceptors (Lipinski definition) is 4. The first-order chi connectivity index (χ1) is 4.95. The Morgan fingerprint density at radius 3 is 2.18 bits per heavy atom. The lowest BCUT2D eigenvalue weighted by atomic mass is 10.4. The highest BCUT2D eigenvalue weighted by atomic mass is 32.2. The van der Waals surface area contributed by atoms with Crippen molar-refractivity contribution in [3.63, 3.8) is 0 Å². The van der Waals surface area contributed by atoms with Crippen LogP contribution in [0.25, 0.3) is 0 Å². The Bertz CT molecular complexity index is 358. The summed E-state index contributed by atoms with van der Waals surface area (Å²) in [5.74, 6) is -2.37. The summed E-state index contributed by atoms with van der Waals surface area (Å²) in [6.07, 6.45) is 0.832. The van der Waals surface area contributed by atoms with Crippen LogP contribution < -0.4 is 0 Å². The molecular weight excluding hydrogens is 172 g/mol. The van der Waals surface area contributed by atoms with Gasteiger partial charge in [-0.2, -0.15) is 0 Å². The number of carboxylic acids is 1. The smallest absolute Gasteiger partial charge is 0.351 e. The van der Waals surface area contributed by atoms with Crippen LogP contribution in [0.2, 0.25) is 0 Å². The molecule has 0 saturated heterocycles. The molecule has 0 saturated carbocycles. The highest BCUT2D eigenvalue weighted by Crippen LogP contribution is 2.20. The van der Waals surface area contributed by atoms with Crippen LogP contribution in [0.3, 0.4) is 0 Å². The van der Waals surface area contributed by atoms with Crippen molar-refractivity contribution in [3.05, 3.63) is 22.1 Å². The van der Waals surface area contributed by atoms with E-state index >= 15 is 0 Å². The minimum atomic E-state index is -3.89. The largest absolute Gasteiger partial charge is 0.506 e. The maximum atomic E-state index is 10.7. The molecule has 0 aromatic rings. The lowest BCUT2D eigenvalue weighted by Gasteiger charge is -1.93. The van der Waals surface area contributed by atoms with Gasteiger partial charge in [0.2, 0.25) is 9.84 Å². The first kappa shape index (κ1) is 7.80. The number of sulfone groups is 1. The van der Waals surface area contributed by atoms with Gasteiger partial charge in [0.05, 0.1) is 0 Å². The second-order valence-corrected chi connectivity index (χ2v) is 3.64. The van der Waals surface area contributed by atoms with Gasteiger partial charge in [-0.05, 0) is 6.08 Å². The monoisotopic (exact) mass is 176 g/mol. The van der Waals surface area contributed by atoms with Gasteiger partial charge in [-0.3, -0.25) is 0 Å². The summed E-state index contributed by atoms with van der Waals surface area (Å²) < 4.78 is 21.5. The van der Waals surface area contributed by atoms with Gasteiger partial charge in [0.25, 0.3) is 0 Å². The Morgan fingerprint density at radius 1 is 1.45 bits per heavy atom. The number of carboxylic acid groups (broad SMARTS) is 1. The molecule has 0 aromatic heterocycles. The quantitative estimate of drug-likeness (QED) is 0.576. The van der Waals surface area contributed by atoms with Crippen molar-refractivity contribution in [3.8, 4) is 0 Å². The molecule has 0 aromatic carbocycles. The van der Waals surface area contributed by atoms with Crippen LogP contribution in [-0.2, 0) is 14.6 Å². The Kier molecular flexibility index (Phi) is 1.48. The third kappa shape index (κ3) is 1.12. The van der Waals surface area contributed by atoms with Crippen molar-refractivity contribution < 1.29 is 23.4 Å². The summed E-state index contributed by atoms with van der Waals surface area (Å²) in [7, 11) is -3.89. The minimum absolute atomic E-state index is 0.645. The normalized spacial score (nSPS) is 20.7. The van der Waals surface area contributed by atoms with Crippen LogP contribution in [0, 0.1) is 0 Å². The van der Waals surface area contributed by atoms with Gasteiger partial charge in [0.1, 0.15) is 5.76 Å². The van der Waals surface area contributed by atoms with Crippen LogP contribution >= 0.6 is 0 Å². The van der Waals surface area contributed by atoms with Gasteiger partial charge >= 0.3 is 5.97 Å². The summed E-state index contributed by atoms with van der Waals surface area (Å²) in [5.41, 5.74) is 0. The topological polar surface area (TPSA) is 91.7 Å². The maximum absolute atomic E-state index is 10.7. The molecule has 60 valence electrons. The maximum Gasteiger partial charge on any atom is 0.351 e. The van der Waals surface area contributed by atoms with Crippen LogP contribution in [0.15, 0.2) is 22.1 Å². The molecule has 0 fully saturated rings. The molecule has 0 bridgehead atoms. The van der Waals surface area contributed by atoms with E-state index in [9.17, 15) is 13.2 Å². The summed E-state index contributed by atoms with van der Waals surface area (Å²) >= 11 is 0. The molecule has 1 aliphatic rings. The van der Waals surface area contributed by atoms with E-state index in [2.05, 4.69) is 0 Å². The number of aliphatic carboxylic acids is 1. The van der Waals surface area contributed by atoms with E-state index in [-0.39, 0.29) is 0 Å². The fraction of sp³-hybridized carbons (Fsp3) is 0. The van der Waals surface area contributed by atoms with E-state index in [1.54, 1.807) is 0 Å². The SMILES string of the molecule is O=C(O)C1=C(O)C=CS1(=O)=O. The molecular formula is C5H4O5S. The molecule has 2 N–H and O–H groups in total. The van der Waals surface area contributed by atoms with Crippen LogP contribution in [0.1, 0.15) is 0 Å². The van der Waals surface area contributed by atoms with Gasteiger partial charge < -0.3 is 10.2 Å². The Balaban J connectivity index is 3.35. The Labute approximate surface area is 62.2 Å². The average Bonchev–Trinajstić information content (AvgIpc) is 2.06. The zero-order valence-corrected chi connectivity index (χ0v) is 6.00. The highest BCUT2D eigenvalue weighted by molar-refractivity contribution is 7.99. The molecule has 0 amide bonds. The molecule has 1 aliphatic heterocycles. The molecule has 0 unspecified atom stereocenters. The fourth-order valence-corrected chi connectivity index (χ4v) is 1.72. The first-order valence-electron chi connectivity index (χ1n) is 2.55. The molecule has 5 nitrogen and oxygen atoms in total. The Hall–Kier alpha value is -1.30. The van der Waals surface area contributed by atoms with Crippen LogP contribution in [-0.4, -0.2) is 24.6 Å². The lowest BCUT2D eigenvalue weighted by Crippen LogP contribution is -2.09. The Morgan fingerprint density at radius 2 is 2.00 bits per heavy atom. The van der Waals surface area contributed by atoms with Crippen molar-refractivity contribution >= 4 is 15.8 Å². The van der Waals surface area contributed by atoms with E-state index in [4.69, 9.17) is 10.2 Å². The first-order valence-corrected chi connectivity index (χ1v) is 4.09. The summed E-state index contributed by atoms with van der Waals surface area (Å²) in [6.45, 7) is 0. The van der Waals surface area contributed by atoms with E-state index in [1.165, 1.54) is 0 Å². The van der Waals surface area contributed by atoms with Crippen molar-refractivity contribution in [1.29, 1.82) is 0 Å². The van der Waals surface area contributed by atoms with Crippen molar-refractivity contribution in [2.75, 3.05) is 0 Å². The zero-order valence-electron chi connectivity index (χ0n) is 5.18. The number of aliphatic hydroxyl groups excluding tert-OH is 1. The predicted molar refractivity (Wildman–Crippen MR) is 35.4 cm³/mol. The molecule has 11 heavy (non-hydrogen) atoms. The van der Waals surface area contributed by atoms with Gasteiger partial charge in [-0.25, -0.2) is 13.2 Å². The summed E-state index contributed by atoms with van der Waals surface area (Å²) in [6, 6.07) is 0. The number of rotatable bonds is 1. The van der Waals surface area contributed by atoms with E-state index < -0.39 is 26.5 Å². The third-order valence-corrected chi connectivity index (χ3v) is 2.56. The van der Waals surface area contributed by atoms with Gasteiger partial charge in [-0.1, -0.05) is 0 Å².